The van der Waals surface area contributed by atoms with Crippen molar-refractivity contribution in [3.05, 3.63) is 59.4 Å². The standard InChI is InChI=1S/C15H17FN2/c1-11-12(6-5-8-14(11)17)10-18(2)15-9-4-3-7-13(15)16/h3-9H,10,17H2,1-2H3. The van der Waals surface area contributed by atoms with Gasteiger partial charge < -0.3 is 10.6 Å². The molecule has 0 aromatic heterocycles. The van der Waals surface area contributed by atoms with Crippen molar-refractivity contribution >= 4 is 11.4 Å². The van der Waals surface area contributed by atoms with E-state index in [0.29, 0.717) is 12.2 Å². The van der Waals surface area contributed by atoms with Gasteiger partial charge in [0.2, 0.25) is 0 Å². The Morgan fingerprint density at radius 2 is 1.83 bits per heavy atom. The van der Waals surface area contributed by atoms with E-state index in [1.165, 1.54) is 6.07 Å². The van der Waals surface area contributed by atoms with Crippen LogP contribution in [0.15, 0.2) is 42.5 Å². The fourth-order valence-corrected chi connectivity index (χ4v) is 1.98. The molecule has 0 heterocycles. The second kappa shape index (κ2) is 5.08. The van der Waals surface area contributed by atoms with Crippen molar-refractivity contribution in [3.8, 4) is 0 Å². The second-order valence-electron chi connectivity index (χ2n) is 4.44. The summed E-state index contributed by atoms with van der Waals surface area (Å²) in [5.41, 5.74) is 9.41. The van der Waals surface area contributed by atoms with Gasteiger partial charge in [-0.25, -0.2) is 4.39 Å². The zero-order valence-corrected chi connectivity index (χ0v) is 10.7. The summed E-state index contributed by atoms with van der Waals surface area (Å²) in [6.07, 6.45) is 0. The first-order valence-electron chi connectivity index (χ1n) is 5.89. The van der Waals surface area contributed by atoms with Crippen molar-refractivity contribution < 1.29 is 4.39 Å². The first-order chi connectivity index (χ1) is 8.59. The van der Waals surface area contributed by atoms with Gasteiger partial charge in [0.25, 0.3) is 0 Å². The molecule has 18 heavy (non-hydrogen) atoms. The molecule has 2 rings (SSSR count). The summed E-state index contributed by atoms with van der Waals surface area (Å²) >= 11 is 0. The van der Waals surface area contributed by atoms with Crippen molar-refractivity contribution in [2.24, 2.45) is 0 Å². The van der Waals surface area contributed by atoms with Crippen molar-refractivity contribution in [2.75, 3.05) is 17.7 Å². The lowest BCUT2D eigenvalue weighted by molar-refractivity contribution is 0.622. The van der Waals surface area contributed by atoms with Crippen LogP contribution >= 0.6 is 0 Å². The summed E-state index contributed by atoms with van der Waals surface area (Å²) < 4.78 is 13.7. The maximum atomic E-state index is 13.7. The zero-order valence-electron chi connectivity index (χ0n) is 10.7. The van der Waals surface area contributed by atoms with E-state index in [2.05, 4.69) is 0 Å². The summed E-state index contributed by atoms with van der Waals surface area (Å²) in [4.78, 5) is 1.89. The third-order valence-electron chi connectivity index (χ3n) is 3.16. The average Bonchev–Trinajstić information content (AvgIpc) is 2.35. The number of nitrogens with zero attached hydrogens (tertiary/aromatic N) is 1. The smallest absolute Gasteiger partial charge is 0.146 e. The monoisotopic (exact) mass is 244 g/mol. The van der Waals surface area contributed by atoms with E-state index < -0.39 is 0 Å². The molecule has 0 spiro atoms. The first kappa shape index (κ1) is 12.4. The fraction of sp³-hybridized carbons (Fsp3) is 0.200. The highest BCUT2D eigenvalue weighted by Crippen LogP contribution is 2.22. The number of para-hydroxylation sites is 1. The first-order valence-corrected chi connectivity index (χ1v) is 5.89. The highest BCUT2D eigenvalue weighted by Gasteiger charge is 2.09. The minimum atomic E-state index is -0.207. The van der Waals surface area contributed by atoms with Crippen LogP contribution in [0.2, 0.25) is 0 Å². The van der Waals surface area contributed by atoms with Crippen molar-refractivity contribution in [1.29, 1.82) is 0 Å². The van der Waals surface area contributed by atoms with E-state index in [9.17, 15) is 4.39 Å². The van der Waals surface area contributed by atoms with Gasteiger partial charge in [-0.1, -0.05) is 24.3 Å². The Morgan fingerprint density at radius 3 is 2.56 bits per heavy atom. The van der Waals surface area contributed by atoms with Gasteiger partial charge >= 0.3 is 0 Å². The summed E-state index contributed by atoms with van der Waals surface area (Å²) in [6.45, 7) is 2.62. The third kappa shape index (κ3) is 2.45. The van der Waals surface area contributed by atoms with Gasteiger partial charge in [-0.3, -0.25) is 0 Å². The minimum Gasteiger partial charge on any atom is -0.399 e. The van der Waals surface area contributed by atoms with Crippen LogP contribution in [0.25, 0.3) is 0 Å². The number of rotatable bonds is 3. The highest BCUT2D eigenvalue weighted by atomic mass is 19.1. The summed E-state index contributed by atoms with van der Waals surface area (Å²) in [5.74, 6) is -0.207. The van der Waals surface area contributed by atoms with Crippen LogP contribution in [0.3, 0.4) is 0 Å². The molecule has 3 heteroatoms. The second-order valence-corrected chi connectivity index (χ2v) is 4.44. The van der Waals surface area contributed by atoms with Crippen molar-refractivity contribution in [2.45, 2.75) is 13.5 Å². The molecule has 0 fully saturated rings. The Morgan fingerprint density at radius 1 is 1.11 bits per heavy atom. The van der Waals surface area contributed by atoms with Gasteiger partial charge in [0.1, 0.15) is 5.82 Å². The van der Waals surface area contributed by atoms with E-state index in [1.807, 2.05) is 43.1 Å². The van der Waals surface area contributed by atoms with Gasteiger partial charge in [0.05, 0.1) is 5.69 Å². The summed E-state index contributed by atoms with van der Waals surface area (Å²) in [6, 6.07) is 12.6. The Labute approximate surface area is 107 Å². The molecule has 0 saturated heterocycles. The minimum absolute atomic E-state index is 0.207. The lowest BCUT2D eigenvalue weighted by Crippen LogP contribution is -2.18. The van der Waals surface area contributed by atoms with Crippen LogP contribution in [-0.4, -0.2) is 7.05 Å². The van der Waals surface area contributed by atoms with Crippen LogP contribution < -0.4 is 10.6 Å². The van der Waals surface area contributed by atoms with Gasteiger partial charge in [-0.05, 0) is 36.2 Å². The van der Waals surface area contributed by atoms with Crippen LogP contribution in [-0.2, 0) is 6.54 Å². The third-order valence-corrected chi connectivity index (χ3v) is 3.16. The Hall–Kier alpha value is -2.03. The number of nitrogens with two attached hydrogens (primary N) is 1. The van der Waals surface area contributed by atoms with Crippen LogP contribution in [0.5, 0.6) is 0 Å². The number of hydrogen-bond acceptors (Lipinski definition) is 2. The topological polar surface area (TPSA) is 29.3 Å². The SMILES string of the molecule is Cc1c(N)cccc1CN(C)c1ccccc1F. The number of halogens is 1. The van der Waals surface area contributed by atoms with Crippen LogP contribution in [0.1, 0.15) is 11.1 Å². The Kier molecular flexibility index (Phi) is 3.51. The van der Waals surface area contributed by atoms with E-state index in [1.54, 1.807) is 12.1 Å². The maximum Gasteiger partial charge on any atom is 0.146 e. The zero-order chi connectivity index (χ0) is 13.1. The maximum absolute atomic E-state index is 13.7. The molecule has 94 valence electrons. The van der Waals surface area contributed by atoms with E-state index in [-0.39, 0.29) is 5.82 Å². The van der Waals surface area contributed by atoms with Gasteiger partial charge in [-0.15, -0.1) is 0 Å². The summed E-state index contributed by atoms with van der Waals surface area (Å²) in [5, 5.41) is 0. The molecular formula is C15H17FN2. The number of hydrogen-bond donors (Lipinski definition) is 1. The number of nitrogen functional groups attached to an aromatic ring is 1. The molecule has 0 saturated carbocycles. The lowest BCUT2D eigenvalue weighted by Gasteiger charge is -2.21. The fourth-order valence-electron chi connectivity index (χ4n) is 1.98. The van der Waals surface area contributed by atoms with Crippen LogP contribution in [0, 0.1) is 12.7 Å². The number of anilines is 2. The molecule has 0 unspecified atom stereocenters. The number of benzene rings is 2. The predicted molar refractivity (Wildman–Crippen MR) is 74.1 cm³/mol. The van der Waals surface area contributed by atoms with E-state index >= 15 is 0 Å². The molecule has 0 aliphatic rings. The molecule has 0 bridgehead atoms. The molecule has 2 N–H and O–H groups in total. The lowest BCUT2D eigenvalue weighted by atomic mass is 10.1. The molecular weight excluding hydrogens is 227 g/mol. The normalized spacial score (nSPS) is 10.4. The van der Waals surface area contributed by atoms with Crippen LogP contribution in [0.4, 0.5) is 15.8 Å². The molecule has 0 amide bonds. The molecule has 2 nitrogen and oxygen atoms in total. The average molecular weight is 244 g/mol. The molecule has 0 aliphatic carbocycles. The van der Waals surface area contributed by atoms with Gasteiger partial charge in [0, 0.05) is 19.3 Å². The predicted octanol–water partition coefficient (Wildman–Crippen LogP) is 3.35. The van der Waals surface area contributed by atoms with Gasteiger partial charge in [0.15, 0.2) is 0 Å². The largest absolute Gasteiger partial charge is 0.399 e. The van der Waals surface area contributed by atoms with E-state index in [0.717, 1.165) is 16.8 Å². The van der Waals surface area contributed by atoms with Crippen molar-refractivity contribution in [1.82, 2.24) is 0 Å². The Balaban J connectivity index is 2.24. The molecule has 0 aliphatic heterocycles. The molecule has 0 atom stereocenters. The molecule has 0 radical (unpaired) electrons. The van der Waals surface area contributed by atoms with Gasteiger partial charge in [-0.2, -0.15) is 0 Å². The van der Waals surface area contributed by atoms with Crippen molar-refractivity contribution in [3.63, 3.8) is 0 Å². The Bertz CT molecular complexity index is 552. The molecule has 2 aromatic rings. The van der Waals surface area contributed by atoms with E-state index in [4.69, 9.17) is 5.73 Å². The quantitative estimate of drug-likeness (QED) is 0.839. The highest BCUT2D eigenvalue weighted by molar-refractivity contribution is 5.53. The summed E-state index contributed by atoms with van der Waals surface area (Å²) in [7, 11) is 1.88. The molecule has 2 aromatic carbocycles.